The number of rotatable bonds is 6. The third kappa shape index (κ3) is 4.75. The predicted octanol–water partition coefficient (Wildman–Crippen LogP) is 4.72. The molecular weight excluding hydrogens is 487 g/mol. The fourth-order valence-electron chi connectivity index (χ4n) is 3.73. The summed E-state index contributed by atoms with van der Waals surface area (Å²) >= 11 is 1.09. The van der Waals surface area contributed by atoms with Crippen LogP contribution in [0.4, 0.5) is 15.8 Å². The molecule has 0 saturated carbocycles. The predicted molar refractivity (Wildman–Crippen MR) is 133 cm³/mol. The molecule has 1 aliphatic rings. The number of amides is 1. The molecule has 7 nitrogen and oxygen atoms in total. The number of para-hydroxylation sites is 1. The normalized spacial score (nSPS) is 13.6. The minimum Gasteiger partial charge on any atom is -0.325 e. The van der Waals surface area contributed by atoms with Crippen LogP contribution in [0.5, 0.6) is 0 Å². The lowest BCUT2D eigenvalue weighted by Crippen LogP contribution is -2.34. The Morgan fingerprint density at radius 1 is 0.971 bits per heavy atom. The molecule has 5 rings (SSSR count). The molecule has 4 aromatic rings. The molecule has 0 radical (unpaired) electrons. The van der Waals surface area contributed by atoms with Crippen molar-refractivity contribution in [1.29, 1.82) is 0 Å². The summed E-state index contributed by atoms with van der Waals surface area (Å²) in [5.74, 6) is -0.701. The highest BCUT2D eigenvalue weighted by Crippen LogP contribution is 2.42. The summed E-state index contributed by atoms with van der Waals surface area (Å²) in [6.07, 6.45) is 1.30. The second kappa shape index (κ2) is 9.47. The molecule has 1 amide bonds. The van der Waals surface area contributed by atoms with E-state index in [1.165, 1.54) is 34.8 Å². The third-order valence-corrected chi connectivity index (χ3v) is 7.98. The topological polar surface area (TPSA) is 92.3 Å². The Bertz CT molecular complexity index is 1500. The van der Waals surface area contributed by atoms with Gasteiger partial charge >= 0.3 is 0 Å². The van der Waals surface area contributed by atoms with E-state index in [-0.39, 0.29) is 28.3 Å². The molecule has 0 aliphatic carbocycles. The first-order valence-corrected chi connectivity index (χ1v) is 13.1. The Balaban J connectivity index is 1.40. The number of carbonyl (C=O) groups is 1. The zero-order valence-corrected chi connectivity index (χ0v) is 19.9. The second-order valence-electron chi connectivity index (χ2n) is 7.72. The summed E-state index contributed by atoms with van der Waals surface area (Å²) in [6.45, 7) is 0.180. The van der Waals surface area contributed by atoms with Crippen LogP contribution < -0.4 is 9.62 Å². The molecule has 1 N–H and O–H groups in total. The first-order valence-electron chi connectivity index (χ1n) is 10.6. The molecule has 35 heavy (non-hydrogen) atoms. The van der Waals surface area contributed by atoms with Gasteiger partial charge in [-0.2, -0.15) is 0 Å². The Morgan fingerprint density at radius 2 is 1.69 bits per heavy atom. The summed E-state index contributed by atoms with van der Waals surface area (Å²) < 4.78 is 41.5. The number of hydrogen-bond donors (Lipinski definition) is 1. The highest BCUT2D eigenvalue weighted by molar-refractivity contribution is 7.99. The van der Waals surface area contributed by atoms with Gasteiger partial charge in [0.05, 0.1) is 29.9 Å². The summed E-state index contributed by atoms with van der Waals surface area (Å²) in [5, 5.41) is 2.95. The number of halogens is 1. The fourth-order valence-corrected chi connectivity index (χ4v) is 5.90. The summed E-state index contributed by atoms with van der Waals surface area (Å²) in [6, 6.07) is 22.0. The number of fused-ring (bicyclic) bond motifs is 3. The standard InChI is InChI=1S/C25H19FN4O3S2/c26-18-10-12-19(13-11-18)28-23(31)16-34-25-27-14-22-24(29-25)20-8-4-5-9-21(20)30(35(22,32)33)15-17-6-2-1-3-7-17/h1-14H,15-16H2,(H,28,31). The minimum absolute atomic E-state index is 0.00465. The van der Waals surface area contributed by atoms with E-state index in [2.05, 4.69) is 15.3 Å². The van der Waals surface area contributed by atoms with E-state index in [1.807, 2.05) is 42.5 Å². The lowest BCUT2D eigenvalue weighted by molar-refractivity contribution is -0.113. The lowest BCUT2D eigenvalue weighted by Gasteiger charge is -2.31. The Labute approximate surface area is 206 Å². The van der Waals surface area contributed by atoms with Crippen LogP contribution >= 0.6 is 11.8 Å². The van der Waals surface area contributed by atoms with Gasteiger partial charge in [-0.3, -0.25) is 9.10 Å². The number of sulfonamides is 1. The molecule has 0 spiro atoms. The molecule has 0 unspecified atom stereocenters. The summed E-state index contributed by atoms with van der Waals surface area (Å²) in [4.78, 5) is 21.0. The molecule has 1 aromatic heterocycles. The van der Waals surface area contributed by atoms with Crippen LogP contribution in [0.1, 0.15) is 5.56 Å². The van der Waals surface area contributed by atoms with Crippen molar-refractivity contribution in [2.45, 2.75) is 16.6 Å². The molecular formula is C25H19FN4O3S2. The number of nitrogens with zero attached hydrogens (tertiary/aromatic N) is 3. The SMILES string of the molecule is O=C(CSc1ncc2c(n1)-c1ccccc1N(Cc1ccccc1)S2(=O)=O)Nc1ccc(F)cc1. The van der Waals surface area contributed by atoms with Crippen LogP contribution in [0, 0.1) is 5.82 Å². The average Bonchev–Trinajstić information content (AvgIpc) is 2.87. The quantitative estimate of drug-likeness (QED) is 0.301. The smallest absolute Gasteiger partial charge is 0.268 e. The fraction of sp³-hybridized carbons (Fsp3) is 0.0800. The molecule has 0 bridgehead atoms. The number of anilines is 2. The molecule has 3 aromatic carbocycles. The number of carbonyl (C=O) groups excluding carboxylic acids is 1. The first-order chi connectivity index (χ1) is 16.9. The maximum atomic E-state index is 13.5. The molecule has 1 aliphatic heterocycles. The number of hydrogen-bond acceptors (Lipinski definition) is 6. The van der Waals surface area contributed by atoms with E-state index in [4.69, 9.17) is 0 Å². The van der Waals surface area contributed by atoms with E-state index in [1.54, 1.807) is 12.1 Å². The van der Waals surface area contributed by atoms with Crippen LogP contribution in [0.15, 0.2) is 95.1 Å². The number of nitrogens with one attached hydrogen (secondary N) is 1. The van der Waals surface area contributed by atoms with Gasteiger partial charge in [-0.05, 0) is 35.9 Å². The third-order valence-electron chi connectivity index (χ3n) is 5.36. The number of benzene rings is 3. The van der Waals surface area contributed by atoms with E-state index in [9.17, 15) is 17.6 Å². The van der Waals surface area contributed by atoms with Crippen molar-refractivity contribution in [1.82, 2.24) is 9.97 Å². The highest BCUT2D eigenvalue weighted by Gasteiger charge is 2.36. The van der Waals surface area contributed by atoms with Crippen LogP contribution in [0.3, 0.4) is 0 Å². The maximum absolute atomic E-state index is 13.5. The molecule has 176 valence electrons. The lowest BCUT2D eigenvalue weighted by atomic mass is 10.1. The van der Waals surface area contributed by atoms with Crippen molar-refractivity contribution < 1.29 is 17.6 Å². The maximum Gasteiger partial charge on any atom is 0.268 e. The van der Waals surface area contributed by atoms with Crippen LogP contribution in [0.25, 0.3) is 11.3 Å². The van der Waals surface area contributed by atoms with Crippen molar-refractivity contribution in [2.75, 3.05) is 15.4 Å². The Morgan fingerprint density at radius 3 is 2.46 bits per heavy atom. The van der Waals surface area contributed by atoms with Gasteiger partial charge in [0.2, 0.25) is 5.91 Å². The van der Waals surface area contributed by atoms with Crippen molar-refractivity contribution in [3.63, 3.8) is 0 Å². The van der Waals surface area contributed by atoms with E-state index in [0.717, 1.165) is 17.3 Å². The number of aromatic nitrogens is 2. The average molecular weight is 507 g/mol. The van der Waals surface area contributed by atoms with E-state index < -0.39 is 15.8 Å². The zero-order chi connectivity index (χ0) is 24.4. The summed E-state index contributed by atoms with van der Waals surface area (Å²) in [7, 11) is -3.90. The van der Waals surface area contributed by atoms with Gasteiger partial charge in [-0.1, -0.05) is 60.3 Å². The van der Waals surface area contributed by atoms with Gasteiger partial charge in [-0.15, -0.1) is 0 Å². The minimum atomic E-state index is -3.90. The molecule has 2 heterocycles. The monoisotopic (exact) mass is 506 g/mol. The Hall–Kier alpha value is -3.76. The van der Waals surface area contributed by atoms with Gasteiger partial charge in [-0.25, -0.2) is 22.8 Å². The van der Waals surface area contributed by atoms with Crippen molar-refractivity contribution in [2.24, 2.45) is 0 Å². The van der Waals surface area contributed by atoms with Crippen LogP contribution in [0.2, 0.25) is 0 Å². The Kier molecular flexibility index (Phi) is 6.23. The zero-order valence-electron chi connectivity index (χ0n) is 18.3. The van der Waals surface area contributed by atoms with Crippen LogP contribution in [-0.4, -0.2) is 30.0 Å². The van der Waals surface area contributed by atoms with Crippen LogP contribution in [-0.2, 0) is 21.4 Å². The van der Waals surface area contributed by atoms with Gasteiger partial charge in [0, 0.05) is 11.3 Å². The van der Waals surface area contributed by atoms with Gasteiger partial charge < -0.3 is 5.32 Å². The van der Waals surface area contributed by atoms with Gasteiger partial charge in [0.15, 0.2) is 5.16 Å². The summed E-state index contributed by atoms with van der Waals surface area (Å²) in [5.41, 5.74) is 2.85. The largest absolute Gasteiger partial charge is 0.325 e. The highest BCUT2D eigenvalue weighted by atomic mass is 32.2. The van der Waals surface area contributed by atoms with Crippen molar-refractivity contribution >= 4 is 39.1 Å². The van der Waals surface area contributed by atoms with E-state index >= 15 is 0 Å². The van der Waals surface area contributed by atoms with E-state index in [0.29, 0.717) is 22.6 Å². The van der Waals surface area contributed by atoms with Gasteiger partial charge in [0.25, 0.3) is 10.0 Å². The second-order valence-corrected chi connectivity index (χ2v) is 10.5. The van der Waals surface area contributed by atoms with Crippen molar-refractivity contribution in [3.8, 4) is 11.3 Å². The molecule has 0 saturated heterocycles. The van der Waals surface area contributed by atoms with Gasteiger partial charge in [0.1, 0.15) is 10.7 Å². The molecule has 10 heteroatoms. The molecule has 0 fully saturated rings. The number of thioether (sulfide) groups is 1. The molecule has 0 atom stereocenters. The van der Waals surface area contributed by atoms with Crippen molar-refractivity contribution in [3.05, 3.63) is 96.4 Å². The first kappa shape index (κ1) is 23.0.